The van der Waals surface area contributed by atoms with E-state index in [-0.39, 0.29) is 5.56 Å². The van der Waals surface area contributed by atoms with Crippen LogP contribution in [0.4, 0.5) is 4.39 Å². The monoisotopic (exact) mass is 324 g/mol. The molecule has 1 atom stereocenters. The van der Waals surface area contributed by atoms with Crippen LogP contribution in [0.3, 0.4) is 0 Å². The lowest BCUT2D eigenvalue weighted by Gasteiger charge is -2.27. The Morgan fingerprint density at radius 3 is 2.42 bits per heavy atom. The third-order valence-electron chi connectivity index (χ3n) is 3.11. The van der Waals surface area contributed by atoms with Crippen LogP contribution in [0.15, 0.2) is 46.9 Å². The minimum absolute atomic E-state index is 0.200. The van der Waals surface area contributed by atoms with Crippen LogP contribution in [0, 0.1) is 5.82 Å². The van der Waals surface area contributed by atoms with Gasteiger partial charge in [0.2, 0.25) is 0 Å². The second-order valence-electron chi connectivity index (χ2n) is 4.37. The van der Waals surface area contributed by atoms with Crippen LogP contribution in [0.2, 0.25) is 0 Å². The normalized spacial score (nSPS) is 13.9. The molecule has 0 aromatic heterocycles. The van der Waals surface area contributed by atoms with E-state index in [1.165, 1.54) is 7.11 Å². The first-order chi connectivity index (χ1) is 8.98. The van der Waals surface area contributed by atoms with E-state index in [2.05, 4.69) is 15.9 Å². The predicted molar refractivity (Wildman–Crippen MR) is 75.8 cm³/mol. The molecule has 0 aliphatic heterocycles. The molecule has 0 fully saturated rings. The summed E-state index contributed by atoms with van der Waals surface area (Å²) in [6.45, 7) is 1.55. The van der Waals surface area contributed by atoms with E-state index in [0.717, 1.165) is 0 Å². The van der Waals surface area contributed by atoms with Crippen LogP contribution in [0.25, 0.3) is 0 Å². The van der Waals surface area contributed by atoms with Crippen LogP contribution < -0.4 is 4.74 Å². The summed E-state index contributed by atoms with van der Waals surface area (Å²) in [5.41, 5.74) is -0.749. The summed E-state index contributed by atoms with van der Waals surface area (Å²) in [6.07, 6.45) is 0. The molecule has 2 aromatic rings. The molecule has 0 aliphatic rings. The average molecular weight is 325 g/mol. The molecular formula is C15H14BrFO2. The fourth-order valence-corrected chi connectivity index (χ4v) is 2.44. The second-order valence-corrected chi connectivity index (χ2v) is 5.23. The first-order valence-corrected chi connectivity index (χ1v) is 6.58. The molecule has 0 radical (unpaired) electrons. The largest absolute Gasteiger partial charge is 0.496 e. The first kappa shape index (κ1) is 14.0. The highest BCUT2D eigenvalue weighted by molar-refractivity contribution is 9.10. The van der Waals surface area contributed by atoms with Crippen LogP contribution in [-0.2, 0) is 5.60 Å². The molecule has 0 amide bonds. The Balaban J connectivity index is 2.62. The molecule has 0 saturated heterocycles. The maximum absolute atomic E-state index is 14.2. The average Bonchev–Trinajstić information content (AvgIpc) is 2.41. The van der Waals surface area contributed by atoms with Crippen molar-refractivity contribution in [2.45, 2.75) is 12.5 Å². The molecule has 2 aromatic carbocycles. The fraction of sp³-hybridized carbons (Fsp3) is 0.200. The van der Waals surface area contributed by atoms with Gasteiger partial charge in [0.15, 0.2) is 0 Å². The molecule has 1 N–H and O–H groups in total. The zero-order valence-electron chi connectivity index (χ0n) is 10.7. The van der Waals surface area contributed by atoms with Gasteiger partial charge in [-0.25, -0.2) is 4.39 Å². The minimum atomic E-state index is -1.47. The van der Waals surface area contributed by atoms with Gasteiger partial charge in [-0.05, 0) is 35.0 Å². The van der Waals surface area contributed by atoms with Crippen molar-refractivity contribution in [3.8, 4) is 5.75 Å². The van der Waals surface area contributed by atoms with Gasteiger partial charge in [-0.3, -0.25) is 0 Å². The molecule has 2 rings (SSSR count). The van der Waals surface area contributed by atoms with Crippen molar-refractivity contribution >= 4 is 15.9 Å². The highest BCUT2D eigenvalue weighted by atomic mass is 79.9. The highest BCUT2D eigenvalue weighted by Gasteiger charge is 2.32. The van der Waals surface area contributed by atoms with Crippen LogP contribution in [-0.4, -0.2) is 12.2 Å². The van der Waals surface area contributed by atoms with Crippen molar-refractivity contribution in [2.24, 2.45) is 0 Å². The summed E-state index contributed by atoms with van der Waals surface area (Å²) in [7, 11) is 1.52. The maximum atomic E-state index is 14.2. The van der Waals surface area contributed by atoms with Crippen LogP contribution in [0.5, 0.6) is 5.75 Å². The highest BCUT2D eigenvalue weighted by Crippen LogP contribution is 2.37. The van der Waals surface area contributed by atoms with Crippen LogP contribution >= 0.6 is 15.9 Å². The zero-order valence-corrected chi connectivity index (χ0v) is 12.2. The number of methoxy groups -OCH3 is 1. The first-order valence-electron chi connectivity index (χ1n) is 5.79. The van der Waals surface area contributed by atoms with Crippen LogP contribution in [0.1, 0.15) is 18.1 Å². The number of rotatable bonds is 3. The molecule has 0 spiro atoms. The summed E-state index contributed by atoms with van der Waals surface area (Å²) in [4.78, 5) is 0. The van der Waals surface area contributed by atoms with Crippen molar-refractivity contribution in [2.75, 3.05) is 7.11 Å². The molecule has 0 bridgehead atoms. The Kier molecular flexibility index (Phi) is 3.92. The fourth-order valence-electron chi connectivity index (χ4n) is 2.07. The van der Waals surface area contributed by atoms with Crippen molar-refractivity contribution in [1.29, 1.82) is 0 Å². The number of para-hydroxylation sites is 1. The van der Waals surface area contributed by atoms with Gasteiger partial charge in [-0.15, -0.1) is 0 Å². The number of aliphatic hydroxyl groups is 1. The van der Waals surface area contributed by atoms with Gasteiger partial charge in [0.25, 0.3) is 0 Å². The van der Waals surface area contributed by atoms with Gasteiger partial charge >= 0.3 is 0 Å². The van der Waals surface area contributed by atoms with Crippen molar-refractivity contribution < 1.29 is 14.2 Å². The number of halogens is 2. The quantitative estimate of drug-likeness (QED) is 0.929. The summed E-state index contributed by atoms with van der Waals surface area (Å²) < 4.78 is 19.7. The number of hydrogen-bond acceptors (Lipinski definition) is 2. The lowest BCUT2D eigenvalue weighted by atomic mass is 9.87. The molecule has 0 saturated carbocycles. The summed E-state index contributed by atoms with van der Waals surface area (Å²) in [5, 5.41) is 10.7. The molecule has 0 aliphatic carbocycles. The van der Waals surface area contributed by atoms with E-state index in [0.29, 0.717) is 15.8 Å². The van der Waals surface area contributed by atoms with E-state index in [1.807, 2.05) is 0 Å². The molecule has 19 heavy (non-hydrogen) atoms. The van der Waals surface area contributed by atoms with Gasteiger partial charge < -0.3 is 9.84 Å². The molecule has 100 valence electrons. The Morgan fingerprint density at radius 2 is 1.74 bits per heavy atom. The summed E-state index contributed by atoms with van der Waals surface area (Å²) in [6, 6.07) is 11.9. The number of ether oxygens (including phenoxy) is 1. The van der Waals surface area contributed by atoms with E-state index in [9.17, 15) is 9.50 Å². The molecular weight excluding hydrogens is 311 g/mol. The standard InChI is InChI=1S/C15H14BrFO2/c1-15(18,10-6-3-4-9-13(10)19-2)11-7-5-8-12(16)14(11)17/h3-9,18H,1-2H3. The Labute approximate surface area is 120 Å². The zero-order chi connectivity index (χ0) is 14.0. The Morgan fingerprint density at radius 1 is 1.11 bits per heavy atom. The molecule has 4 heteroatoms. The van der Waals surface area contributed by atoms with E-state index in [1.54, 1.807) is 49.4 Å². The van der Waals surface area contributed by atoms with Crippen molar-refractivity contribution in [3.63, 3.8) is 0 Å². The molecule has 0 heterocycles. The van der Waals surface area contributed by atoms with Gasteiger partial charge in [-0.2, -0.15) is 0 Å². The van der Waals surface area contributed by atoms with E-state index in [4.69, 9.17) is 4.74 Å². The lowest BCUT2D eigenvalue weighted by molar-refractivity contribution is 0.0946. The summed E-state index contributed by atoms with van der Waals surface area (Å²) in [5.74, 6) is 0.0466. The smallest absolute Gasteiger partial charge is 0.143 e. The van der Waals surface area contributed by atoms with Gasteiger partial charge in [0, 0.05) is 11.1 Å². The van der Waals surface area contributed by atoms with Crippen molar-refractivity contribution in [3.05, 3.63) is 63.9 Å². The van der Waals surface area contributed by atoms with E-state index >= 15 is 0 Å². The third kappa shape index (κ3) is 2.51. The summed E-state index contributed by atoms with van der Waals surface area (Å²) >= 11 is 3.13. The van der Waals surface area contributed by atoms with E-state index < -0.39 is 11.4 Å². The maximum Gasteiger partial charge on any atom is 0.143 e. The number of benzene rings is 2. The third-order valence-corrected chi connectivity index (χ3v) is 3.72. The molecule has 1 unspecified atom stereocenters. The topological polar surface area (TPSA) is 29.5 Å². The van der Waals surface area contributed by atoms with Gasteiger partial charge in [0.1, 0.15) is 17.2 Å². The van der Waals surface area contributed by atoms with Gasteiger partial charge in [0.05, 0.1) is 11.6 Å². The predicted octanol–water partition coefficient (Wildman–Crippen LogP) is 3.85. The van der Waals surface area contributed by atoms with Crippen molar-refractivity contribution in [1.82, 2.24) is 0 Å². The number of hydrogen-bond donors (Lipinski definition) is 1. The second kappa shape index (κ2) is 5.31. The Hall–Kier alpha value is -1.39. The Bertz CT molecular complexity index is 596. The SMILES string of the molecule is COc1ccccc1C(C)(O)c1cccc(Br)c1F. The van der Waals surface area contributed by atoms with Gasteiger partial charge in [-0.1, -0.05) is 30.3 Å². The molecule has 2 nitrogen and oxygen atoms in total. The lowest BCUT2D eigenvalue weighted by Crippen LogP contribution is -2.25. The minimum Gasteiger partial charge on any atom is -0.496 e.